The second-order valence-corrected chi connectivity index (χ2v) is 10.6. The first kappa shape index (κ1) is 25.4. The van der Waals surface area contributed by atoms with Crippen LogP contribution < -0.4 is 0 Å². The Labute approximate surface area is 185 Å². The largest absolute Gasteiger partial charge is 0.463 e. The summed E-state index contributed by atoms with van der Waals surface area (Å²) in [5.74, 6) is 0.391. The molecule has 0 aliphatic heterocycles. The summed E-state index contributed by atoms with van der Waals surface area (Å²) in [7, 11) is 0. The Bertz CT molecular complexity index is 620. The van der Waals surface area contributed by atoms with Crippen molar-refractivity contribution in [3.8, 4) is 0 Å². The second kappa shape index (κ2) is 12.8. The summed E-state index contributed by atoms with van der Waals surface area (Å²) in [5, 5.41) is 1.09. The first-order valence-corrected chi connectivity index (χ1v) is 11.7. The van der Waals surface area contributed by atoms with Crippen LogP contribution in [0.2, 0.25) is 5.02 Å². The van der Waals surface area contributed by atoms with Crippen LogP contribution >= 0.6 is 35.0 Å². The molecule has 0 saturated heterocycles. The van der Waals surface area contributed by atoms with E-state index in [-0.39, 0.29) is 10.8 Å². The average Bonchev–Trinajstić information content (AvgIpc) is 2.59. The first-order chi connectivity index (χ1) is 13.1. The molecule has 0 saturated carbocycles. The van der Waals surface area contributed by atoms with Crippen molar-refractivity contribution in [1.82, 2.24) is 0 Å². The zero-order chi connectivity index (χ0) is 21.2. The predicted octanol–water partition coefficient (Wildman–Crippen LogP) is 7.91. The van der Waals surface area contributed by atoms with Crippen molar-refractivity contribution in [3.05, 3.63) is 40.9 Å². The molecule has 0 radical (unpaired) electrons. The lowest BCUT2D eigenvalue weighted by atomic mass is 9.94. The molecule has 1 rings (SSSR count). The van der Waals surface area contributed by atoms with Crippen LogP contribution in [0, 0.1) is 5.92 Å². The number of thioether (sulfide) groups is 1. The highest BCUT2D eigenvalue weighted by atomic mass is 35.5. The number of ether oxygens (including phenoxy) is 1. The SMILES string of the molecule is CCOC(=O)/C=C(\C)CCCC(C)CCC(Sc1ccc(Cl)cc1)C(C)(C)Cl. The fraction of sp³-hybridized carbons (Fsp3) is 0.609. The Morgan fingerprint density at radius 1 is 1.21 bits per heavy atom. The molecule has 2 nitrogen and oxygen atoms in total. The fourth-order valence-corrected chi connectivity index (χ4v) is 4.51. The van der Waals surface area contributed by atoms with Crippen LogP contribution in [0.5, 0.6) is 0 Å². The predicted molar refractivity (Wildman–Crippen MR) is 124 cm³/mol. The zero-order valence-electron chi connectivity index (χ0n) is 17.8. The van der Waals surface area contributed by atoms with Gasteiger partial charge in [0.05, 0.1) is 11.5 Å². The van der Waals surface area contributed by atoms with Crippen molar-refractivity contribution in [2.75, 3.05) is 6.61 Å². The Morgan fingerprint density at radius 3 is 2.43 bits per heavy atom. The number of hydrogen-bond donors (Lipinski definition) is 0. The number of carbonyl (C=O) groups is 1. The molecule has 0 N–H and O–H groups in total. The van der Waals surface area contributed by atoms with Crippen LogP contribution in [-0.4, -0.2) is 22.7 Å². The quantitative estimate of drug-likeness (QED) is 0.141. The van der Waals surface area contributed by atoms with Gasteiger partial charge in [0.1, 0.15) is 0 Å². The van der Waals surface area contributed by atoms with Crippen molar-refractivity contribution < 1.29 is 9.53 Å². The fourth-order valence-electron chi connectivity index (χ4n) is 2.99. The lowest BCUT2D eigenvalue weighted by Crippen LogP contribution is -2.28. The minimum Gasteiger partial charge on any atom is -0.463 e. The molecule has 0 fully saturated rings. The van der Waals surface area contributed by atoms with E-state index in [9.17, 15) is 4.79 Å². The van der Waals surface area contributed by atoms with Crippen molar-refractivity contribution in [1.29, 1.82) is 0 Å². The third kappa shape index (κ3) is 10.8. The molecule has 28 heavy (non-hydrogen) atoms. The van der Waals surface area contributed by atoms with Gasteiger partial charge in [-0.15, -0.1) is 23.4 Å². The van der Waals surface area contributed by atoms with Gasteiger partial charge in [-0.05, 0) is 83.6 Å². The average molecular weight is 445 g/mol. The van der Waals surface area contributed by atoms with E-state index >= 15 is 0 Å². The Balaban J connectivity index is 2.45. The van der Waals surface area contributed by atoms with E-state index in [2.05, 4.69) is 32.9 Å². The minimum atomic E-state index is -0.275. The normalized spacial score (nSPS) is 14.6. The van der Waals surface area contributed by atoms with Gasteiger partial charge < -0.3 is 4.74 Å². The molecule has 0 aliphatic rings. The molecule has 158 valence electrons. The first-order valence-electron chi connectivity index (χ1n) is 10.1. The van der Waals surface area contributed by atoms with Gasteiger partial charge in [-0.3, -0.25) is 0 Å². The summed E-state index contributed by atoms with van der Waals surface area (Å²) >= 11 is 14.5. The molecule has 5 heteroatoms. The molecular weight excluding hydrogens is 411 g/mol. The maximum absolute atomic E-state index is 11.5. The minimum absolute atomic E-state index is 0.237. The summed E-state index contributed by atoms with van der Waals surface area (Å²) < 4.78 is 4.95. The Morgan fingerprint density at radius 2 is 1.86 bits per heavy atom. The monoisotopic (exact) mass is 444 g/mol. The Hall–Kier alpha value is -0.640. The highest BCUT2D eigenvalue weighted by molar-refractivity contribution is 8.00. The number of carbonyl (C=O) groups excluding carboxylic acids is 1. The van der Waals surface area contributed by atoms with Crippen LogP contribution in [0.15, 0.2) is 40.8 Å². The Kier molecular flexibility index (Phi) is 11.6. The van der Waals surface area contributed by atoms with Gasteiger partial charge in [0.15, 0.2) is 0 Å². The molecule has 2 unspecified atom stereocenters. The molecule has 0 bridgehead atoms. The zero-order valence-corrected chi connectivity index (χ0v) is 20.1. The van der Waals surface area contributed by atoms with Gasteiger partial charge in [-0.1, -0.05) is 30.5 Å². The molecule has 2 atom stereocenters. The third-order valence-electron chi connectivity index (χ3n) is 4.70. The van der Waals surface area contributed by atoms with Crippen LogP contribution in [0.3, 0.4) is 0 Å². The number of alkyl halides is 1. The topological polar surface area (TPSA) is 26.3 Å². The van der Waals surface area contributed by atoms with Gasteiger partial charge in [-0.25, -0.2) is 4.79 Å². The summed E-state index contributed by atoms with van der Waals surface area (Å²) in [4.78, 5) is 12.4. The highest BCUT2D eigenvalue weighted by Gasteiger charge is 2.28. The van der Waals surface area contributed by atoms with Crippen molar-refractivity contribution in [2.45, 2.75) is 81.7 Å². The van der Waals surface area contributed by atoms with Gasteiger partial charge in [0, 0.05) is 21.2 Å². The van der Waals surface area contributed by atoms with Gasteiger partial charge in [-0.2, -0.15) is 0 Å². The molecule has 0 aromatic heterocycles. The van der Waals surface area contributed by atoms with Crippen LogP contribution in [0.25, 0.3) is 0 Å². The smallest absolute Gasteiger partial charge is 0.330 e. The van der Waals surface area contributed by atoms with E-state index in [0.717, 1.165) is 42.7 Å². The second-order valence-electron chi connectivity index (χ2n) is 7.94. The molecule has 1 aromatic rings. The molecule has 0 amide bonds. The maximum atomic E-state index is 11.5. The standard InChI is InChI=1S/C23H34Cl2O2S/c1-6-27-22(26)16-18(3)9-7-8-17(2)10-15-21(23(4,5)25)28-20-13-11-19(24)12-14-20/h11-14,16-17,21H,6-10,15H2,1-5H3/b18-16+. The molecular formula is C23H34Cl2O2S. The van der Waals surface area contributed by atoms with E-state index in [1.54, 1.807) is 6.08 Å². The highest BCUT2D eigenvalue weighted by Crippen LogP contribution is 2.38. The number of halogens is 2. The van der Waals surface area contributed by atoms with Crippen molar-refractivity contribution >= 4 is 40.9 Å². The number of rotatable bonds is 12. The van der Waals surface area contributed by atoms with E-state index < -0.39 is 0 Å². The molecule has 0 heterocycles. The van der Waals surface area contributed by atoms with E-state index in [0.29, 0.717) is 17.8 Å². The lowest BCUT2D eigenvalue weighted by Gasteiger charge is -2.29. The van der Waals surface area contributed by atoms with Crippen LogP contribution in [0.1, 0.15) is 66.7 Å². The lowest BCUT2D eigenvalue weighted by molar-refractivity contribution is -0.137. The van der Waals surface area contributed by atoms with Crippen LogP contribution in [-0.2, 0) is 9.53 Å². The van der Waals surface area contributed by atoms with E-state index in [1.165, 1.54) is 4.90 Å². The third-order valence-corrected chi connectivity index (χ3v) is 7.00. The van der Waals surface area contributed by atoms with Gasteiger partial charge >= 0.3 is 5.97 Å². The molecule has 1 aromatic carbocycles. The molecule has 0 aliphatic carbocycles. The number of benzene rings is 1. The maximum Gasteiger partial charge on any atom is 0.330 e. The summed E-state index contributed by atoms with van der Waals surface area (Å²) in [6.45, 7) is 10.7. The van der Waals surface area contributed by atoms with Gasteiger partial charge in [0.25, 0.3) is 0 Å². The summed E-state index contributed by atoms with van der Waals surface area (Å²) in [6.07, 6.45) is 7.00. The number of allylic oxidation sites excluding steroid dienone is 1. The van der Waals surface area contributed by atoms with Crippen molar-refractivity contribution in [2.24, 2.45) is 5.92 Å². The van der Waals surface area contributed by atoms with E-state index in [4.69, 9.17) is 27.9 Å². The number of hydrogen-bond acceptors (Lipinski definition) is 3. The van der Waals surface area contributed by atoms with Crippen LogP contribution in [0.4, 0.5) is 0 Å². The summed E-state index contributed by atoms with van der Waals surface area (Å²) in [5.41, 5.74) is 1.09. The molecule has 0 spiro atoms. The number of esters is 1. The van der Waals surface area contributed by atoms with Crippen molar-refractivity contribution in [3.63, 3.8) is 0 Å². The summed E-state index contributed by atoms with van der Waals surface area (Å²) in [6, 6.07) is 7.98. The van der Waals surface area contributed by atoms with Gasteiger partial charge in [0.2, 0.25) is 0 Å². The van der Waals surface area contributed by atoms with E-state index in [1.807, 2.05) is 37.7 Å².